The first-order chi connectivity index (χ1) is 12.2. The minimum atomic E-state index is -4.46. The van der Waals surface area contributed by atoms with Crippen LogP contribution in [0.15, 0.2) is 46.4 Å². The van der Waals surface area contributed by atoms with E-state index in [-0.39, 0.29) is 35.2 Å². The predicted molar refractivity (Wildman–Crippen MR) is 88.5 cm³/mol. The standard InChI is InChI=1S/C19H16F3NO3/c1-12(2)11-25-18(24)14(10-23)9-16-6-7-17(26-16)13-4-3-5-15(8-13)19(20,21)22/h3-9,12H,11H2,1-2H3. The van der Waals surface area contributed by atoms with Crippen molar-refractivity contribution in [3.63, 3.8) is 0 Å². The number of carbonyl (C=O) groups is 1. The molecule has 1 aromatic carbocycles. The van der Waals surface area contributed by atoms with Crippen molar-refractivity contribution in [3.05, 3.63) is 53.3 Å². The molecule has 0 amide bonds. The Morgan fingerprint density at radius 1 is 1.31 bits per heavy atom. The molecule has 0 aliphatic rings. The van der Waals surface area contributed by atoms with Gasteiger partial charge in [-0.25, -0.2) is 4.79 Å². The van der Waals surface area contributed by atoms with E-state index in [0.29, 0.717) is 0 Å². The largest absolute Gasteiger partial charge is 0.461 e. The first-order valence-corrected chi connectivity index (χ1v) is 7.77. The molecule has 0 aliphatic carbocycles. The van der Waals surface area contributed by atoms with Crippen LogP contribution >= 0.6 is 0 Å². The quantitative estimate of drug-likeness (QED) is 0.423. The highest BCUT2D eigenvalue weighted by molar-refractivity contribution is 5.97. The van der Waals surface area contributed by atoms with Crippen LogP contribution < -0.4 is 0 Å². The molecule has 0 fully saturated rings. The molecule has 4 nitrogen and oxygen atoms in total. The number of furan rings is 1. The molecule has 0 saturated heterocycles. The molecule has 2 rings (SSSR count). The number of halogens is 3. The zero-order valence-electron chi connectivity index (χ0n) is 14.1. The topological polar surface area (TPSA) is 63.2 Å². The van der Waals surface area contributed by atoms with Crippen LogP contribution in [0.4, 0.5) is 13.2 Å². The van der Waals surface area contributed by atoms with Crippen LogP contribution in [0.3, 0.4) is 0 Å². The van der Waals surface area contributed by atoms with Gasteiger partial charge in [0.25, 0.3) is 0 Å². The van der Waals surface area contributed by atoms with Gasteiger partial charge in [0.1, 0.15) is 23.2 Å². The zero-order chi connectivity index (χ0) is 19.3. The van der Waals surface area contributed by atoms with Gasteiger partial charge in [-0.15, -0.1) is 0 Å². The highest BCUT2D eigenvalue weighted by atomic mass is 19.4. The fourth-order valence-corrected chi connectivity index (χ4v) is 2.03. The van der Waals surface area contributed by atoms with Gasteiger partial charge in [0, 0.05) is 11.6 Å². The van der Waals surface area contributed by atoms with Crippen LogP contribution in [0.2, 0.25) is 0 Å². The van der Waals surface area contributed by atoms with E-state index in [9.17, 15) is 18.0 Å². The first kappa shape index (κ1) is 19.3. The summed E-state index contributed by atoms with van der Waals surface area (Å²) in [5.41, 5.74) is -0.811. The second kappa shape index (κ2) is 7.91. The Morgan fingerprint density at radius 2 is 2.04 bits per heavy atom. The maximum atomic E-state index is 12.8. The van der Waals surface area contributed by atoms with Crippen LogP contribution in [-0.2, 0) is 15.7 Å². The number of hydrogen-bond donors (Lipinski definition) is 0. The summed E-state index contributed by atoms with van der Waals surface area (Å²) in [4.78, 5) is 11.8. The van der Waals surface area contributed by atoms with Crippen molar-refractivity contribution in [2.75, 3.05) is 6.61 Å². The monoisotopic (exact) mass is 363 g/mol. The normalized spacial score (nSPS) is 12.1. The molecule has 0 N–H and O–H groups in total. The number of alkyl halides is 3. The lowest BCUT2D eigenvalue weighted by Crippen LogP contribution is -2.11. The average molecular weight is 363 g/mol. The number of benzene rings is 1. The summed E-state index contributed by atoms with van der Waals surface area (Å²) in [6, 6.07) is 9.34. The minimum Gasteiger partial charge on any atom is -0.461 e. The summed E-state index contributed by atoms with van der Waals surface area (Å²) in [5, 5.41) is 9.09. The molecule has 7 heteroatoms. The van der Waals surface area contributed by atoms with Crippen LogP contribution in [0.25, 0.3) is 17.4 Å². The highest BCUT2D eigenvalue weighted by Gasteiger charge is 2.30. The number of rotatable bonds is 5. The van der Waals surface area contributed by atoms with Crippen molar-refractivity contribution in [1.82, 2.24) is 0 Å². The summed E-state index contributed by atoms with van der Waals surface area (Å²) in [5.74, 6) is -0.307. The fourth-order valence-electron chi connectivity index (χ4n) is 2.03. The molecular weight excluding hydrogens is 347 g/mol. The van der Waals surface area contributed by atoms with Gasteiger partial charge in [-0.2, -0.15) is 18.4 Å². The third-order valence-electron chi connectivity index (χ3n) is 3.28. The van der Waals surface area contributed by atoms with Crippen LogP contribution in [0.1, 0.15) is 25.2 Å². The maximum absolute atomic E-state index is 12.8. The van der Waals surface area contributed by atoms with Crippen molar-refractivity contribution in [3.8, 4) is 17.4 Å². The van der Waals surface area contributed by atoms with Gasteiger partial charge in [-0.3, -0.25) is 0 Å². The average Bonchev–Trinajstić information content (AvgIpc) is 3.05. The van der Waals surface area contributed by atoms with E-state index in [1.807, 2.05) is 13.8 Å². The minimum absolute atomic E-state index is 0.120. The van der Waals surface area contributed by atoms with E-state index >= 15 is 0 Å². The summed E-state index contributed by atoms with van der Waals surface area (Å²) in [6.07, 6.45) is -3.26. The lowest BCUT2D eigenvalue weighted by Gasteiger charge is -2.07. The van der Waals surface area contributed by atoms with Crippen molar-refractivity contribution >= 4 is 12.0 Å². The Bertz CT molecular complexity index is 857. The number of esters is 1. The summed E-state index contributed by atoms with van der Waals surface area (Å²) in [7, 11) is 0. The lowest BCUT2D eigenvalue weighted by molar-refractivity contribution is -0.139. The maximum Gasteiger partial charge on any atom is 0.416 e. The second-order valence-electron chi connectivity index (χ2n) is 5.94. The van der Waals surface area contributed by atoms with Crippen molar-refractivity contribution in [2.45, 2.75) is 20.0 Å². The highest BCUT2D eigenvalue weighted by Crippen LogP contribution is 2.32. The molecule has 0 radical (unpaired) electrons. The Labute approximate surface area is 148 Å². The van der Waals surface area contributed by atoms with Gasteiger partial charge in [-0.1, -0.05) is 26.0 Å². The van der Waals surface area contributed by atoms with E-state index in [0.717, 1.165) is 12.1 Å². The van der Waals surface area contributed by atoms with Gasteiger partial charge in [0.15, 0.2) is 0 Å². The van der Waals surface area contributed by atoms with E-state index in [4.69, 9.17) is 14.4 Å². The molecule has 1 aromatic heterocycles. The van der Waals surface area contributed by atoms with Crippen LogP contribution in [-0.4, -0.2) is 12.6 Å². The number of nitrogens with zero attached hydrogens (tertiary/aromatic N) is 1. The van der Waals surface area contributed by atoms with Gasteiger partial charge < -0.3 is 9.15 Å². The number of ether oxygens (including phenoxy) is 1. The van der Waals surface area contributed by atoms with Gasteiger partial charge in [0.2, 0.25) is 0 Å². The summed E-state index contributed by atoms with van der Waals surface area (Å²) < 4.78 is 48.8. The number of nitriles is 1. The SMILES string of the molecule is CC(C)COC(=O)C(C#N)=Cc1ccc(-c2cccc(C(F)(F)F)c2)o1. The number of hydrogen-bond acceptors (Lipinski definition) is 4. The van der Waals surface area contributed by atoms with Gasteiger partial charge >= 0.3 is 12.1 Å². The van der Waals surface area contributed by atoms with Crippen molar-refractivity contribution in [2.24, 2.45) is 5.92 Å². The molecule has 2 aromatic rings. The third kappa shape index (κ3) is 4.99. The Morgan fingerprint density at radius 3 is 2.65 bits per heavy atom. The van der Waals surface area contributed by atoms with E-state index < -0.39 is 17.7 Å². The fraction of sp³-hybridized carbons (Fsp3) is 0.263. The van der Waals surface area contributed by atoms with Crippen LogP contribution in [0.5, 0.6) is 0 Å². The molecule has 0 bridgehead atoms. The Kier molecular flexibility index (Phi) is 5.88. The van der Waals surface area contributed by atoms with Crippen molar-refractivity contribution in [1.29, 1.82) is 5.26 Å². The zero-order valence-corrected chi connectivity index (χ0v) is 14.1. The number of carbonyl (C=O) groups excluding carboxylic acids is 1. The molecule has 0 atom stereocenters. The molecule has 136 valence electrons. The smallest absolute Gasteiger partial charge is 0.416 e. The molecule has 1 heterocycles. The lowest BCUT2D eigenvalue weighted by atomic mass is 10.1. The molecular formula is C19H16F3NO3. The predicted octanol–water partition coefficient (Wildman–Crippen LogP) is 5.07. The van der Waals surface area contributed by atoms with Gasteiger partial charge in [0.05, 0.1) is 12.2 Å². The van der Waals surface area contributed by atoms with E-state index in [2.05, 4.69) is 0 Å². The van der Waals surface area contributed by atoms with E-state index in [1.54, 1.807) is 6.07 Å². The molecule has 0 aliphatic heterocycles. The molecule has 0 spiro atoms. The molecule has 0 unspecified atom stereocenters. The third-order valence-corrected chi connectivity index (χ3v) is 3.28. The summed E-state index contributed by atoms with van der Waals surface area (Å²) in [6.45, 7) is 3.89. The van der Waals surface area contributed by atoms with Crippen LogP contribution in [0, 0.1) is 17.2 Å². The van der Waals surface area contributed by atoms with Crippen molar-refractivity contribution < 1.29 is 27.1 Å². The second-order valence-corrected chi connectivity index (χ2v) is 5.94. The Hall–Kier alpha value is -3.01. The van der Waals surface area contributed by atoms with Gasteiger partial charge in [-0.05, 0) is 30.2 Å². The van der Waals surface area contributed by atoms with E-state index in [1.165, 1.54) is 30.3 Å². The Balaban J connectivity index is 2.24. The molecule has 26 heavy (non-hydrogen) atoms. The molecule has 0 saturated carbocycles. The summed E-state index contributed by atoms with van der Waals surface area (Å²) >= 11 is 0. The first-order valence-electron chi connectivity index (χ1n) is 7.77.